The second-order valence-electron chi connectivity index (χ2n) is 12.2. The summed E-state index contributed by atoms with van der Waals surface area (Å²) in [4.78, 5) is 11.7. The van der Waals surface area contributed by atoms with E-state index < -0.39 is 0 Å². The molecule has 4 rings (SSSR count). The third kappa shape index (κ3) is 4.49. The van der Waals surface area contributed by atoms with Gasteiger partial charge >= 0.3 is 5.97 Å². The zero-order valence-electron chi connectivity index (χ0n) is 20.4. The summed E-state index contributed by atoms with van der Waals surface area (Å²) in [7, 11) is 0. The van der Waals surface area contributed by atoms with Crippen LogP contribution < -0.4 is 0 Å². The Morgan fingerprint density at radius 2 is 1.94 bits per heavy atom. The molecule has 0 radical (unpaired) electrons. The van der Waals surface area contributed by atoms with Crippen LogP contribution in [0.3, 0.4) is 0 Å². The lowest BCUT2D eigenvalue weighted by Crippen LogP contribution is -2.50. The van der Waals surface area contributed by atoms with Crippen LogP contribution in [0.25, 0.3) is 0 Å². The maximum absolute atomic E-state index is 11.7. The molecule has 3 heteroatoms. The smallest absolute Gasteiger partial charge is 0.321 e. The Morgan fingerprint density at radius 3 is 2.68 bits per heavy atom. The number of ether oxygens (including phenoxy) is 1. The quantitative estimate of drug-likeness (QED) is 0.171. The van der Waals surface area contributed by atoms with Crippen molar-refractivity contribution in [2.45, 2.75) is 111 Å². The maximum Gasteiger partial charge on any atom is 0.321 e. The molecular formula is C28H45ClO2. The molecule has 3 fully saturated rings. The summed E-state index contributed by atoms with van der Waals surface area (Å²) in [6.45, 7) is 9.91. The lowest BCUT2D eigenvalue weighted by molar-refractivity contribution is -0.148. The molecule has 0 heterocycles. The first-order valence-corrected chi connectivity index (χ1v) is 13.8. The van der Waals surface area contributed by atoms with Crippen LogP contribution in [0.1, 0.15) is 105 Å². The summed E-state index contributed by atoms with van der Waals surface area (Å²) < 4.78 is 5.62. The number of alkyl halides is 1. The first-order chi connectivity index (χ1) is 14.8. The van der Waals surface area contributed by atoms with Gasteiger partial charge in [0.25, 0.3) is 0 Å². The molecule has 4 aliphatic carbocycles. The predicted octanol–water partition coefficient (Wildman–Crippen LogP) is 7.93. The fourth-order valence-electron chi connectivity index (χ4n) is 8.47. The Kier molecular flexibility index (Phi) is 7.17. The summed E-state index contributed by atoms with van der Waals surface area (Å²) >= 11 is 5.67. The summed E-state index contributed by atoms with van der Waals surface area (Å²) in [5.41, 5.74) is 2.48. The zero-order chi connectivity index (χ0) is 22.2. The average Bonchev–Trinajstić information content (AvgIpc) is 3.07. The van der Waals surface area contributed by atoms with E-state index in [9.17, 15) is 4.79 Å². The Bertz CT molecular complexity index is 684. The number of carbonyl (C=O) groups excluding carboxylic acids is 1. The lowest BCUT2D eigenvalue weighted by Gasteiger charge is -2.58. The fraction of sp³-hybridized carbons (Fsp3) is 0.893. The molecule has 0 amide bonds. The monoisotopic (exact) mass is 448 g/mol. The van der Waals surface area contributed by atoms with Crippen molar-refractivity contribution < 1.29 is 9.53 Å². The van der Waals surface area contributed by atoms with Crippen molar-refractivity contribution in [1.82, 2.24) is 0 Å². The van der Waals surface area contributed by atoms with E-state index in [1.54, 1.807) is 5.57 Å². The molecule has 0 saturated heterocycles. The predicted molar refractivity (Wildman–Crippen MR) is 129 cm³/mol. The summed E-state index contributed by atoms with van der Waals surface area (Å²) in [5, 5.41) is 0. The van der Waals surface area contributed by atoms with Crippen molar-refractivity contribution in [3.05, 3.63) is 11.6 Å². The highest BCUT2D eigenvalue weighted by Gasteiger charge is 2.58. The van der Waals surface area contributed by atoms with Crippen molar-refractivity contribution in [3.63, 3.8) is 0 Å². The van der Waals surface area contributed by atoms with Crippen LogP contribution in [-0.4, -0.2) is 18.0 Å². The van der Waals surface area contributed by atoms with Gasteiger partial charge in [0, 0.05) is 6.42 Å². The lowest BCUT2D eigenvalue weighted by atomic mass is 9.47. The molecule has 4 aliphatic rings. The second-order valence-corrected chi connectivity index (χ2v) is 12.5. The van der Waals surface area contributed by atoms with Crippen LogP contribution in [0, 0.1) is 40.4 Å². The Hall–Kier alpha value is -0.500. The number of fused-ring (bicyclic) bond motifs is 5. The Labute approximate surface area is 195 Å². The van der Waals surface area contributed by atoms with E-state index >= 15 is 0 Å². The van der Waals surface area contributed by atoms with E-state index in [1.165, 1.54) is 64.2 Å². The molecule has 31 heavy (non-hydrogen) atoms. The number of allylic oxidation sites excluding steroid dienone is 1. The molecule has 7 atom stereocenters. The number of hydrogen-bond acceptors (Lipinski definition) is 2. The summed E-state index contributed by atoms with van der Waals surface area (Å²) in [5.74, 6) is 4.13. The van der Waals surface area contributed by atoms with Gasteiger partial charge in [-0.3, -0.25) is 4.79 Å². The molecule has 0 aromatic heterocycles. The van der Waals surface area contributed by atoms with Crippen molar-refractivity contribution in [1.29, 1.82) is 0 Å². The maximum atomic E-state index is 11.7. The van der Waals surface area contributed by atoms with Gasteiger partial charge in [-0.2, -0.15) is 0 Å². The number of rotatable bonds is 7. The average molecular weight is 449 g/mol. The number of unbranched alkanes of at least 4 members (excludes halogenated alkanes) is 1. The molecule has 0 bridgehead atoms. The van der Waals surface area contributed by atoms with Crippen LogP contribution in [0.2, 0.25) is 0 Å². The van der Waals surface area contributed by atoms with Gasteiger partial charge < -0.3 is 4.74 Å². The summed E-state index contributed by atoms with van der Waals surface area (Å²) in [6, 6.07) is 0. The third-order valence-corrected chi connectivity index (χ3v) is 10.5. The van der Waals surface area contributed by atoms with E-state index in [0.29, 0.717) is 10.8 Å². The molecule has 0 N–H and O–H groups in total. The van der Waals surface area contributed by atoms with Gasteiger partial charge in [-0.1, -0.05) is 58.6 Å². The van der Waals surface area contributed by atoms with Gasteiger partial charge in [0.15, 0.2) is 0 Å². The topological polar surface area (TPSA) is 26.3 Å². The van der Waals surface area contributed by atoms with Crippen molar-refractivity contribution >= 4 is 17.6 Å². The second kappa shape index (κ2) is 9.40. The van der Waals surface area contributed by atoms with Crippen LogP contribution in [0.4, 0.5) is 0 Å². The van der Waals surface area contributed by atoms with Crippen molar-refractivity contribution in [2.24, 2.45) is 40.4 Å². The fourth-order valence-corrected chi connectivity index (χ4v) is 8.53. The van der Waals surface area contributed by atoms with Crippen molar-refractivity contribution in [3.8, 4) is 0 Å². The van der Waals surface area contributed by atoms with Crippen LogP contribution in [-0.2, 0) is 9.53 Å². The highest BCUT2D eigenvalue weighted by atomic mass is 35.5. The van der Waals surface area contributed by atoms with Gasteiger partial charge in [0.1, 0.15) is 12.0 Å². The molecule has 0 aromatic carbocycles. The molecule has 3 saturated carbocycles. The van der Waals surface area contributed by atoms with E-state index in [2.05, 4.69) is 33.8 Å². The molecule has 0 spiro atoms. The van der Waals surface area contributed by atoms with Crippen molar-refractivity contribution in [2.75, 3.05) is 5.88 Å². The summed E-state index contributed by atoms with van der Waals surface area (Å²) in [6.07, 6.45) is 18.4. The van der Waals surface area contributed by atoms with Crippen LogP contribution in [0.5, 0.6) is 0 Å². The van der Waals surface area contributed by atoms with Crippen LogP contribution in [0.15, 0.2) is 11.6 Å². The normalized spacial score (nSPS) is 41.9. The minimum Gasteiger partial charge on any atom is -0.461 e. The van der Waals surface area contributed by atoms with Gasteiger partial charge in [-0.25, -0.2) is 0 Å². The SMILES string of the molecule is CC(C)CCCCC1CCC2C3CC=C4CC(OC(=O)CCl)CCC4(C)C3CCC12C. The molecule has 0 aromatic rings. The number of esters is 1. The minimum absolute atomic E-state index is 0.0313. The highest BCUT2D eigenvalue weighted by molar-refractivity contribution is 6.26. The van der Waals surface area contributed by atoms with Crippen LogP contribution >= 0.6 is 11.6 Å². The first kappa shape index (κ1) is 23.7. The van der Waals surface area contributed by atoms with E-state index in [4.69, 9.17) is 16.3 Å². The largest absolute Gasteiger partial charge is 0.461 e. The van der Waals surface area contributed by atoms with Gasteiger partial charge in [-0.15, -0.1) is 11.6 Å². The molecule has 2 nitrogen and oxygen atoms in total. The molecular weight excluding hydrogens is 404 g/mol. The van der Waals surface area contributed by atoms with Gasteiger partial charge in [0.05, 0.1) is 0 Å². The Balaban J connectivity index is 1.42. The van der Waals surface area contributed by atoms with E-state index in [1.807, 2.05) is 0 Å². The standard InChI is InChI=1S/C28H45ClO2/c1-19(2)7-5-6-8-20-10-12-24-23-11-9-21-17-22(31-26(30)18-29)13-15-28(21,4)25(23)14-16-27(20,24)3/h9,19-20,22-25H,5-8,10-18H2,1-4H3. The number of carbonyl (C=O) groups is 1. The van der Waals surface area contributed by atoms with E-state index in [-0.39, 0.29) is 18.0 Å². The van der Waals surface area contributed by atoms with Gasteiger partial charge in [-0.05, 0) is 91.8 Å². The first-order valence-electron chi connectivity index (χ1n) is 13.2. The zero-order valence-corrected chi connectivity index (χ0v) is 21.2. The highest BCUT2D eigenvalue weighted by Crippen LogP contribution is 2.66. The molecule has 176 valence electrons. The molecule has 7 unspecified atom stereocenters. The van der Waals surface area contributed by atoms with E-state index in [0.717, 1.165) is 42.4 Å². The number of hydrogen-bond donors (Lipinski definition) is 0. The Morgan fingerprint density at radius 1 is 1.13 bits per heavy atom. The molecule has 0 aliphatic heterocycles. The van der Waals surface area contributed by atoms with Gasteiger partial charge in [0.2, 0.25) is 0 Å². The minimum atomic E-state index is -0.261. The third-order valence-electron chi connectivity index (χ3n) is 10.2. The number of halogens is 1.